The van der Waals surface area contributed by atoms with Crippen molar-refractivity contribution in [3.05, 3.63) is 41.5 Å². The third kappa shape index (κ3) is 2.75. The highest BCUT2D eigenvalue weighted by Gasteiger charge is 2.26. The smallest absolute Gasteiger partial charge is 0.242 e. The van der Waals surface area contributed by atoms with E-state index in [4.69, 9.17) is 0 Å². The average molecular weight is 286 g/mol. The summed E-state index contributed by atoms with van der Waals surface area (Å²) in [6.07, 6.45) is 3.03. The van der Waals surface area contributed by atoms with Crippen molar-refractivity contribution in [2.24, 2.45) is 0 Å². The lowest BCUT2D eigenvalue weighted by Crippen LogP contribution is -2.44. The van der Waals surface area contributed by atoms with Crippen LogP contribution in [0.5, 0.6) is 5.75 Å². The molecule has 0 spiro atoms. The number of carbonyl (C=O) groups is 1. The van der Waals surface area contributed by atoms with Crippen LogP contribution in [0, 0.1) is 0 Å². The van der Waals surface area contributed by atoms with E-state index in [2.05, 4.69) is 20.6 Å². The van der Waals surface area contributed by atoms with Crippen molar-refractivity contribution in [1.29, 1.82) is 0 Å². The molecule has 0 saturated carbocycles. The van der Waals surface area contributed by atoms with E-state index in [1.165, 1.54) is 0 Å². The van der Waals surface area contributed by atoms with Gasteiger partial charge in [-0.2, -0.15) is 0 Å². The van der Waals surface area contributed by atoms with Crippen molar-refractivity contribution in [3.63, 3.8) is 0 Å². The number of benzene rings is 1. The lowest BCUT2D eigenvalue weighted by molar-refractivity contribution is -0.118. The van der Waals surface area contributed by atoms with Gasteiger partial charge < -0.3 is 15.4 Å². The van der Waals surface area contributed by atoms with Gasteiger partial charge in [0, 0.05) is 13.0 Å². The van der Waals surface area contributed by atoms with Crippen molar-refractivity contribution in [2.45, 2.75) is 32.4 Å². The van der Waals surface area contributed by atoms with Crippen LogP contribution in [0.15, 0.2) is 24.5 Å². The third-order valence-corrected chi connectivity index (χ3v) is 3.77. The van der Waals surface area contributed by atoms with Crippen LogP contribution >= 0.6 is 0 Å². The summed E-state index contributed by atoms with van der Waals surface area (Å²) in [5, 5.41) is 15.8. The molecule has 0 aliphatic carbocycles. The highest BCUT2D eigenvalue weighted by atomic mass is 16.3. The minimum atomic E-state index is -0.342. The highest BCUT2D eigenvalue weighted by molar-refractivity contribution is 5.96. The van der Waals surface area contributed by atoms with E-state index in [0.29, 0.717) is 18.7 Å². The van der Waals surface area contributed by atoms with Crippen molar-refractivity contribution in [3.8, 4) is 5.75 Å². The number of phenols is 1. The Labute approximate surface area is 122 Å². The standard InChI is InChI=1S/C15H18N4O2/c1-2-9-3-4-14(20)11(5-9)19-15(21)12-6-10-13(7-16-12)18-8-17-10/h3-5,8,12,16,20H,2,6-7H2,1H3,(H,17,18)(H,19,21). The molecule has 0 bridgehead atoms. The van der Waals surface area contributed by atoms with Gasteiger partial charge >= 0.3 is 0 Å². The number of hydrogen-bond donors (Lipinski definition) is 4. The maximum absolute atomic E-state index is 12.3. The van der Waals surface area contributed by atoms with Gasteiger partial charge in [0.05, 0.1) is 29.4 Å². The summed E-state index contributed by atoms with van der Waals surface area (Å²) < 4.78 is 0. The first-order valence-electron chi connectivity index (χ1n) is 7.04. The summed E-state index contributed by atoms with van der Waals surface area (Å²) in [6.45, 7) is 2.62. The fraction of sp³-hybridized carbons (Fsp3) is 0.333. The molecule has 6 nitrogen and oxygen atoms in total. The van der Waals surface area contributed by atoms with Gasteiger partial charge in [-0.05, 0) is 24.1 Å². The third-order valence-electron chi connectivity index (χ3n) is 3.77. The predicted octanol–water partition coefficient (Wildman–Crippen LogP) is 1.33. The van der Waals surface area contributed by atoms with Gasteiger partial charge in [-0.15, -0.1) is 0 Å². The number of hydrogen-bond acceptors (Lipinski definition) is 4. The number of aromatic hydroxyl groups is 1. The molecule has 2 aromatic rings. The Morgan fingerprint density at radius 3 is 3.19 bits per heavy atom. The van der Waals surface area contributed by atoms with E-state index in [1.807, 2.05) is 13.0 Å². The van der Waals surface area contributed by atoms with Gasteiger partial charge in [-0.3, -0.25) is 10.1 Å². The van der Waals surface area contributed by atoms with E-state index in [9.17, 15) is 9.90 Å². The molecular formula is C15H18N4O2. The minimum absolute atomic E-state index is 0.0804. The Kier molecular flexibility index (Phi) is 3.62. The lowest BCUT2D eigenvalue weighted by Gasteiger charge is -2.22. The van der Waals surface area contributed by atoms with Gasteiger partial charge in [0.15, 0.2) is 0 Å². The first kappa shape index (κ1) is 13.6. The molecule has 2 heterocycles. The zero-order valence-electron chi connectivity index (χ0n) is 11.8. The fourth-order valence-electron chi connectivity index (χ4n) is 2.48. The number of nitrogens with one attached hydrogen (secondary N) is 3. The minimum Gasteiger partial charge on any atom is -0.506 e. The number of aromatic amines is 1. The number of anilines is 1. The molecular weight excluding hydrogens is 268 g/mol. The second-order valence-electron chi connectivity index (χ2n) is 5.16. The van der Waals surface area contributed by atoms with Gasteiger partial charge in [-0.1, -0.05) is 13.0 Å². The van der Waals surface area contributed by atoms with E-state index in [-0.39, 0.29) is 17.7 Å². The van der Waals surface area contributed by atoms with Crippen LogP contribution in [0.4, 0.5) is 5.69 Å². The first-order valence-corrected chi connectivity index (χ1v) is 7.04. The van der Waals surface area contributed by atoms with Crippen LogP contribution in [-0.4, -0.2) is 27.0 Å². The van der Waals surface area contributed by atoms with Crippen molar-refractivity contribution >= 4 is 11.6 Å². The number of aromatic nitrogens is 2. The molecule has 1 aliphatic heterocycles. The number of carbonyl (C=O) groups excluding carboxylic acids is 1. The Balaban J connectivity index is 1.72. The van der Waals surface area contributed by atoms with Crippen LogP contribution < -0.4 is 10.6 Å². The lowest BCUT2D eigenvalue weighted by atomic mass is 10.0. The topological polar surface area (TPSA) is 90.0 Å². The molecule has 1 atom stereocenters. The van der Waals surface area contributed by atoms with Crippen LogP contribution in [0.2, 0.25) is 0 Å². The number of amides is 1. The molecule has 1 aromatic heterocycles. The van der Waals surface area contributed by atoms with Crippen LogP contribution in [0.25, 0.3) is 0 Å². The van der Waals surface area contributed by atoms with E-state index < -0.39 is 0 Å². The van der Waals surface area contributed by atoms with Crippen LogP contribution in [-0.2, 0) is 24.2 Å². The molecule has 110 valence electrons. The summed E-state index contributed by atoms with van der Waals surface area (Å²) in [6, 6.07) is 4.91. The van der Waals surface area contributed by atoms with E-state index >= 15 is 0 Å². The molecule has 1 amide bonds. The molecule has 1 aliphatic rings. The first-order chi connectivity index (χ1) is 10.2. The number of H-pyrrole nitrogens is 1. The molecule has 21 heavy (non-hydrogen) atoms. The number of fused-ring (bicyclic) bond motifs is 1. The molecule has 0 saturated heterocycles. The number of rotatable bonds is 3. The zero-order valence-corrected chi connectivity index (χ0v) is 11.8. The molecule has 3 rings (SSSR count). The Morgan fingerprint density at radius 2 is 2.38 bits per heavy atom. The quantitative estimate of drug-likeness (QED) is 0.641. The Bertz CT molecular complexity index is 665. The summed E-state index contributed by atoms with van der Waals surface area (Å²) in [5.74, 6) is -0.0796. The van der Waals surface area contributed by atoms with Gasteiger partial charge in [0.1, 0.15) is 5.75 Å². The number of nitrogens with zero attached hydrogens (tertiary/aromatic N) is 1. The van der Waals surface area contributed by atoms with Crippen molar-refractivity contribution in [2.75, 3.05) is 5.32 Å². The molecule has 4 N–H and O–H groups in total. The number of aryl methyl sites for hydroxylation is 1. The zero-order chi connectivity index (χ0) is 14.8. The predicted molar refractivity (Wildman–Crippen MR) is 79.0 cm³/mol. The number of phenolic OH excluding ortho intramolecular Hbond substituents is 1. The molecule has 0 fully saturated rings. The fourth-order valence-corrected chi connectivity index (χ4v) is 2.48. The van der Waals surface area contributed by atoms with Gasteiger partial charge in [0.25, 0.3) is 0 Å². The van der Waals surface area contributed by atoms with Crippen LogP contribution in [0.3, 0.4) is 0 Å². The second kappa shape index (κ2) is 5.57. The van der Waals surface area contributed by atoms with Gasteiger partial charge in [-0.25, -0.2) is 4.98 Å². The monoisotopic (exact) mass is 286 g/mol. The molecule has 1 unspecified atom stereocenters. The summed E-state index contributed by atoms with van der Waals surface area (Å²) in [5.41, 5.74) is 3.46. The average Bonchev–Trinajstić information content (AvgIpc) is 2.96. The summed E-state index contributed by atoms with van der Waals surface area (Å²) in [7, 11) is 0. The molecule has 0 radical (unpaired) electrons. The molecule has 6 heteroatoms. The Hall–Kier alpha value is -2.34. The van der Waals surface area contributed by atoms with Gasteiger partial charge in [0.2, 0.25) is 5.91 Å². The summed E-state index contributed by atoms with van der Waals surface area (Å²) >= 11 is 0. The normalized spacial score (nSPS) is 17.3. The van der Waals surface area contributed by atoms with E-state index in [0.717, 1.165) is 23.4 Å². The van der Waals surface area contributed by atoms with Crippen LogP contribution in [0.1, 0.15) is 23.9 Å². The number of imidazole rings is 1. The highest BCUT2D eigenvalue weighted by Crippen LogP contribution is 2.25. The molecule has 1 aromatic carbocycles. The maximum atomic E-state index is 12.3. The largest absolute Gasteiger partial charge is 0.506 e. The van der Waals surface area contributed by atoms with E-state index in [1.54, 1.807) is 18.5 Å². The second-order valence-corrected chi connectivity index (χ2v) is 5.16. The van der Waals surface area contributed by atoms with Crippen molar-refractivity contribution in [1.82, 2.24) is 15.3 Å². The summed E-state index contributed by atoms with van der Waals surface area (Å²) in [4.78, 5) is 19.6. The maximum Gasteiger partial charge on any atom is 0.242 e. The SMILES string of the molecule is CCc1ccc(O)c(NC(=O)C2Cc3nc[nH]c3CN2)c1. The van der Waals surface area contributed by atoms with Crippen molar-refractivity contribution < 1.29 is 9.90 Å². The Morgan fingerprint density at radius 1 is 1.52 bits per heavy atom.